The topological polar surface area (TPSA) is 64.8 Å². The van der Waals surface area contributed by atoms with Crippen LogP contribution in [0.25, 0.3) is 22.3 Å². The molecule has 3 aromatic rings. The first-order chi connectivity index (χ1) is 13.2. The van der Waals surface area contributed by atoms with Crippen LogP contribution in [0, 0.1) is 0 Å². The summed E-state index contributed by atoms with van der Waals surface area (Å²) in [6, 6.07) is 4.57. The van der Waals surface area contributed by atoms with Gasteiger partial charge < -0.3 is 9.88 Å². The Morgan fingerprint density at radius 1 is 1.19 bits per heavy atom. The highest BCUT2D eigenvalue weighted by Crippen LogP contribution is 2.53. The molecule has 3 aliphatic rings. The molecule has 5 nitrogen and oxygen atoms in total. The Balaban J connectivity index is 1.63. The van der Waals surface area contributed by atoms with Crippen molar-refractivity contribution >= 4 is 22.5 Å². The maximum Gasteiger partial charge on any atom is 0.237 e. The number of amides is 1. The molecule has 0 radical (unpaired) electrons. The fourth-order valence-electron chi connectivity index (χ4n) is 5.79. The van der Waals surface area contributed by atoms with Crippen molar-refractivity contribution in [2.45, 2.75) is 57.3 Å². The van der Waals surface area contributed by atoms with E-state index in [0.29, 0.717) is 5.91 Å². The monoisotopic (exact) mass is 360 g/mol. The summed E-state index contributed by atoms with van der Waals surface area (Å²) in [6.45, 7) is 2.84. The molecular formula is C22H24N4O. The summed E-state index contributed by atoms with van der Waals surface area (Å²) in [5.41, 5.74) is 8.16. The molecule has 6 rings (SSSR count). The number of H-pyrrole nitrogens is 2. The van der Waals surface area contributed by atoms with E-state index in [4.69, 9.17) is 0 Å². The van der Waals surface area contributed by atoms with Crippen molar-refractivity contribution in [3.8, 4) is 11.4 Å². The molecule has 1 fully saturated rings. The third-order valence-corrected chi connectivity index (χ3v) is 7.09. The molecule has 1 saturated carbocycles. The Bertz CT molecular complexity index is 1080. The number of hydrogen-bond donors (Lipinski definition) is 2. The van der Waals surface area contributed by atoms with Crippen LogP contribution >= 0.6 is 0 Å². The first-order valence-corrected chi connectivity index (χ1v) is 10.3. The van der Waals surface area contributed by atoms with Gasteiger partial charge in [0.15, 0.2) is 0 Å². The third kappa shape index (κ3) is 1.84. The van der Waals surface area contributed by atoms with Crippen LogP contribution < -0.4 is 4.90 Å². The second-order valence-electron chi connectivity index (χ2n) is 8.34. The number of likely N-dealkylation sites (N-methyl/N-ethyl adjacent to an activating group) is 1. The lowest BCUT2D eigenvalue weighted by atomic mass is 9.80. The van der Waals surface area contributed by atoms with Gasteiger partial charge in [0.05, 0.1) is 11.1 Å². The lowest BCUT2D eigenvalue weighted by molar-refractivity contribution is -0.122. The van der Waals surface area contributed by atoms with Crippen molar-refractivity contribution in [2.24, 2.45) is 0 Å². The van der Waals surface area contributed by atoms with Crippen LogP contribution in [0.3, 0.4) is 0 Å². The van der Waals surface area contributed by atoms with Gasteiger partial charge in [0.1, 0.15) is 5.69 Å². The number of fused-ring (bicyclic) bond motifs is 7. The van der Waals surface area contributed by atoms with Gasteiger partial charge in [-0.1, -0.05) is 12.8 Å². The summed E-state index contributed by atoms with van der Waals surface area (Å²) in [5.74, 6) is 0.325. The third-order valence-electron chi connectivity index (χ3n) is 7.09. The SMILES string of the molecule is CCN1C(=O)C2(CCCC2)c2cc3[nH]c4c(c3cc21)CCCc1c[nH]nc1-4. The first kappa shape index (κ1) is 15.5. The predicted molar refractivity (Wildman–Crippen MR) is 106 cm³/mol. The van der Waals surface area contributed by atoms with Gasteiger partial charge in [-0.25, -0.2) is 0 Å². The van der Waals surface area contributed by atoms with Crippen LogP contribution in [0.5, 0.6) is 0 Å². The van der Waals surface area contributed by atoms with Gasteiger partial charge >= 0.3 is 0 Å². The van der Waals surface area contributed by atoms with Crippen molar-refractivity contribution in [3.63, 3.8) is 0 Å². The van der Waals surface area contributed by atoms with E-state index in [2.05, 4.69) is 34.2 Å². The van der Waals surface area contributed by atoms with Gasteiger partial charge in [0.2, 0.25) is 5.91 Å². The fourth-order valence-corrected chi connectivity index (χ4v) is 5.79. The molecule has 0 bridgehead atoms. The lowest BCUT2D eigenvalue weighted by Crippen LogP contribution is -2.38. The number of carbonyl (C=O) groups is 1. The number of rotatable bonds is 1. The minimum absolute atomic E-state index is 0.278. The van der Waals surface area contributed by atoms with Crippen LogP contribution in [-0.2, 0) is 23.1 Å². The van der Waals surface area contributed by atoms with Crippen LogP contribution in [0.2, 0.25) is 0 Å². The van der Waals surface area contributed by atoms with Crippen molar-refractivity contribution < 1.29 is 4.79 Å². The van der Waals surface area contributed by atoms with Crippen LogP contribution in [0.15, 0.2) is 18.3 Å². The summed E-state index contributed by atoms with van der Waals surface area (Å²) in [6.07, 6.45) is 9.55. The highest BCUT2D eigenvalue weighted by Gasteiger charge is 2.51. The summed E-state index contributed by atoms with van der Waals surface area (Å²) < 4.78 is 0. The number of carbonyl (C=O) groups excluding carboxylic acids is 1. The molecule has 27 heavy (non-hydrogen) atoms. The second-order valence-corrected chi connectivity index (χ2v) is 8.34. The number of aromatic nitrogens is 3. The number of nitrogens with one attached hydrogen (secondary N) is 2. The molecule has 1 amide bonds. The average Bonchev–Trinajstić information content (AvgIpc) is 3.42. The Kier molecular flexibility index (Phi) is 3.01. The first-order valence-electron chi connectivity index (χ1n) is 10.3. The van der Waals surface area contributed by atoms with E-state index < -0.39 is 0 Å². The number of anilines is 1. The van der Waals surface area contributed by atoms with E-state index >= 15 is 0 Å². The number of nitrogens with zero attached hydrogens (tertiary/aromatic N) is 2. The van der Waals surface area contributed by atoms with Crippen molar-refractivity contribution in [1.82, 2.24) is 15.2 Å². The maximum absolute atomic E-state index is 13.3. The van der Waals surface area contributed by atoms with Gasteiger partial charge in [-0.3, -0.25) is 9.89 Å². The summed E-state index contributed by atoms with van der Waals surface area (Å²) in [4.78, 5) is 19.0. The number of hydrogen-bond acceptors (Lipinski definition) is 2. The summed E-state index contributed by atoms with van der Waals surface area (Å²) in [5, 5.41) is 8.83. The van der Waals surface area contributed by atoms with E-state index in [9.17, 15) is 4.79 Å². The van der Waals surface area contributed by atoms with Gasteiger partial charge in [0, 0.05) is 29.3 Å². The van der Waals surface area contributed by atoms with Crippen molar-refractivity contribution in [2.75, 3.05) is 11.4 Å². The Hall–Kier alpha value is -2.56. The molecule has 2 aromatic heterocycles. The van der Waals surface area contributed by atoms with Gasteiger partial charge in [0.25, 0.3) is 0 Å². The summed E-state index contributed by atoms with van der Waals surface area (Å²) in [7, 11) is 0. The lowest BCUT2D eigenvalue weighted by Gasteiger charge is -2.22. The van der Waals surface area contributed by atoms with E-state index in [1.165, 1.54) is 22.1 Å². The zero-order valence-electron chi connectivity index (χ0n) is 15.7. The molecule has 138 valence electrons. The van der Waals surface area contributed by atoms with Crippen molar-refractivity contribution in [1.29, 1.82) is 0 Å². The molecule has 5 heteroatoms. The van der Waals surface area contributed by atoms with Crippen molar-refractivity contribution in [3.05, 3.63) is 35.0 Å². The van der Waals surface area contributed by atoms with E-state index in [-0.39, 0.29) is 5.41 Å². The zero-order valence-corrected chi connectivity index (χ0v) is 15.7. The maximum atomic E-state index is 13.3. The van der Waals surface area contributed by atoms with Gasteiger partial charge in [-0.05, 0) is 67.9 Å². The fraction of sp³-hybridized carbons (Fsp3) is 0.455. The molecule has 1 aliphatic heterocycles. The quantitative estimate of drug-likeness (QED) is 0.682. The van der Waals surface area contributed by atoms with Gasteiger partial charge in [-0.2, -0.15) is 5.10 Å². The molecule has 0 saturated heterocycles. The van der Waals surface area contributed by atoms with Crippen LogP contribution in [0.1, 0.15) is 55.7 Å². The molecule has 0 unspecified atom stereocenters. The smallest absolute Gasteiger partial charge is 0.237 e. The average molecular weight is 360 g/mol. The molecular weight excluding hydrogens is 336 g/mol. The summed E-state index contributed by atoms with van der Waals surface area (Å²) >= 11 is 0. The minimum atomic E-state index is -0.278. The number of aryl methyl sites for hydroxylation is 2. The van der Waals surface area contributed by atoms with E-state index in [0.717, 1.165) is 74.1 Å². The van der Waals surface area contributed by atoms with E-state index in [1.807, 2.05) is 11.1 Å². The van der Waals surface area contributed by atoms with Crippen LogP contribution in [-0.4, -0.2) is 27.6 Å². The second kappa shape index (κ2) is 5.24. The molecule has 2 N–H and O–H groups in total. The van der Waals surface area contributed by atoms with Crippen LogP contribution in [0.4, 0.5) is 5.69 Å². The molecule has 0 atom stereocenters. The highest BCUT2D eigenvalue weighted by molar-refractivity contribution is 6.11. The predicted octanol–water partition coefficient (Wildman–Crippen LogP) is 4.23. The Morgan fingerprint density at radius 2 is 2.04 bits per heavy atom. The molecule has 3 heterocycles. The van der Waals surface area contributed by atoms with E-state index in [1.54, 1.807) is 0 Å². The highest BCUT2D eigenvalue weighted by atomic mass is 16.2. The molecule has 1 aromatic carbocycles. The molecule has 1 spiro atoms. The minimum Gasteiger partial charge on any atom is -0.353 e. The Morgan fingerprint density at radius 3 is 2.85 bits per heavy atom. The van der Waals surface area contributed by atoms with Gasteiger partial charge in [-0.15, -0.1) is 0 Å². The zero-order chi connectivity index (χ0) is 18.2. The number of aromatic amines is 2. The Labute approximate surface area is 158 Å². The number of benzene rings is 1. The largest absolute Gasteiger partial charge is 0.353 e. The molecule has 2 aliphatic carbocycles. The standard InChI is InChI=1S/C22H24N4O/c1-2-26-18-10-15-14-7-5-6-13-12-23-25-19(13)20(14)24-17(15)11-16(18)22(21(26)27)8-3-4-9-22/h10-12,24H,2-9H2,1H3,(H,23,25). The normalized spacial score (nSPS) is 20.2.